The van der Waals surface area contributed by atoms with Gasteiger partial charge in [0.15, 0.2) is 5.78 Å². The molecule has 1 N–H and O–H groups in total. The summed E-state index contributed by atoms with van der Waals surface area (Å²) in [5.74, 6) is -0.106. The van der Waals surface area contributed by atoms with Gasteiger partial charge in [-0.05, 0) is 42.5 Å². The van der Waals surface area contributed by atoms with Crippen molar-refractivity contribution >= 4 is 17.6 Å². The first-order valence-corrected chi connectivity index (χ1v) is 7.52. The van der Waals surface area contributed by atoms with Gasteiger partial charge in [-0.3, -0.25) is 9.59 Å². The number of allylic oxidation sites excluding steroid dienone is 1. The molecule has 1 aromatic rings. The lowest BCUT2D eigenvalue weighted by Crippen LogP contribution is -2.26. The maximum absolute atomic E-state index is 12.2. The first-order valence-electron chi connectivity index (χ1n) is 7.52. The topological polar surface area (TPSA) is 54.4 Å². The predicted molar refractivity (Wildman–Crippen MR) is 82.5 cm³/mol. The van der Waals surface area contributed by atoms with E-state index in [1.807, 2.05) is 24.3 Å². The Kier molecular flexibility index (Phi) is 5.45. The molecule has 0 aromatic heterocycles. The average Bonchev–Trinajstić information content (AvgIpc) is 2.43. The summed E-state index contributed by atoms with van der Waals surface area (Å²) in [5, 5.41) is 9.10. The quantitative estimate of drug-likeness (QED) is 0.619. The molecule has 1 unspecified atom stereocenters. The van der Waals surface area contributed by atoms with Gasteiger partial charge in [-0.2, -0.15) is 0 Å². The van der Waals surface area contributed by atoms with Crippen LogP contribution in [0.5, 0.6) is 0 Å². The van der Waals surface area contributed by atoms with E-state index in [1.165, 1.54) is 19.4 Å². The number of ketones is 2. The van der Waals surface area contributed by atoms with Crippen LogP contribution in [0.15, 0.2) is 30.3 Å². The first kappa shape index (κ1) is 15.6. The number of rotatable bonds is 7. The fraction of sp³-hybridized carbons (Fsp3) is 0.444. The van der Waals surface area contributed by atoms with Gasteiger partial charge in [-0.15, -0.1) is 0 Å². The van der Waals surface area contributed by atoms with Crippen LogP contribution in [0.1, 0.15) is 43.7 Å². The molecular formula is C18H22O3. The summed E-state index contributed by atoms with van der Waals surface area (Å²) in [6.45, 7) is 1.48. The van der Waals surface area contributed by atoms with Gasteiger partial charge in [0, 0.05) is 0 Å². The summed E-state index contributed by atoms with van der Waals surface area (Å²) >= 11 is 0. The number of aliphatic hydroxyl groups is 1. The lowest BCUT2D eigenvalue weighted by Gasteiger charge is -2.27. The monoisotopic (exact) mass is 286 g/mol. The Balaban J connectivity index is 2.02. The summed E-state index contributed by atoms with van der Waals surface area (Å²) in [6, 6.07) is 7.37. The second-order valence-electron chi connectivity index (χ2n) is 5.83. The molecule has 3 heteroatoms. The lowest BCUT2D eigenvalue weighted by molar-refractivity contribution is -0.129. The molecule has 0 heterocycles. The molecular weight excluding hydrogens is 264 g/mol. The second kappa shape index (κ2) is 7.32. The summed E-state index contributed by atoms with van der Waals surface area (Å²) in [5.41, 5.74) is 1.67. The fourth-order valence-electron chi connectivity index (χ4n) is 2.63. The Morgan fingerprint density at radius 2 is 2.14 bits per heavy atom. The fourth-order valence-corrected chi connectivity index (χ4v) is 2.63. The molecule has 2 rings (SSSR count). The minimum absolute atomic E-state index is 0.0205. The standard InChI is InChI=1S/C18H22O3/c1-13(20)17(11-14-4-2-5-14)18(21)9-8-15-6-3-7-16(10-15)12-19/h3,6-10,14,17,19H,2,4-5,11-12H2,1H3. The number of aliphatic hydroxyl groups excluding tert-OH is 1. The maximum atomic E-state index is 12.2. The number of benzene rings is 1. The average molecular weight is 286 g/mol. The Hall–Kier alpha value is -1.74. The van der Waals surface area contributed by atoms with E-state index in [9.17, 15) is 9.59 Å². The summed E-state index contributed by atoms with van der Waals surface area (Å²) in [4.78, 5) is 23.9. The highest BCUT2D eigenvalue weighted by atomic mass is 16.3. The van der Waals surface area contributed by atoms with Gasteiger partial charge in [0.05, 0.1) is 12.5 Å². The predicted octanol–water partition coefficient (Wildman–Crippen LogP) is 3.16. The van der Waals surface area contributed by atoms with Crippen molar-refractivity contribution in [2.75, 3.05) is 0 Å². The molecule has 1 saturated carbocycles. The van der Waals surface area contributed by atoms with Crippen molar-refractivity contribution in [1.82, 2.24) is 0 Å². The molecule has 1 atom stereocenters. The molecule has 3 nitrogen and oxygen atoms in total. The highest BCUT2D eigenvalue weighted by Crippen LogP contribution is 2.33. The van der Waals surface area contributed by atoms with E-state index in [2.05, 4.69) is 0 Å². The van der Waals surface area contributed by atoms with Crippen LogP contribution in [0.4, 0.5) is 0 Å². The second-order valence-corrected chi connectivity index (χ2v) is 5.83. The molecule has 0 spiro atoms. The van der Waals surface area contributed by atoms with Gasteiger partial charge in [0.2, 0.25) is 0 Å². The number of Topliss-reactive ketones (excluding diaryl/α,β-unsaturated/α-hetero) is 1. The van der Waals surface area contributed by atoms with Crippen LogP contribution >= 0.6 is 0 Å². The molecule has 0 amide bonds. The highest BCUT2D eigenvalue weighted by molar-refractivity contribution is 6.08. The van der Waals surface area contributed by atoms with Crippen LogP contribution in [0.2, 0.25) is 0 Å². The SMILES string of the molecule is CC(=O)C(CC1CCC1)C(=O)C=Cc1cccc(CO)c1. The zero-order valence-electron chi connectivity index (χ0n) is 12.4. The van der Waals surface area contributed by atoms with Crippen LogP contribution in [0, 0.1) is 11.8 Å². The molecule has 1 aliphatic carbocycles. The third-order valence-electron chi connectivity index (χ3n) is 4.20. The maximum Gasteiger partial charge on any atom is 0.166 e. The van der Waals surface area contributed by atoms with Crippen molar-refractivity contribution in [1.29, 1.82) is 0 Å². The minimum atomic E-state index is -0.493. The zero-order chi connectivity index (χ0) is 15.2. The van der Waals surface area contributed by atoms with E-state index < -0.39 is 5.92 Å². The molecule has 0 aliphatic heterocycles. The molecule has 0 bridgehead atoms. The van der Waals surface area contributed by atoms with E-state index in [4.69, 9.17) is 5.11 Å². The summed E-state index contributed by atoms with van der Waals surface area (Å²) in [7, 11) is 0. The van der Waals surface area contributed by atoms with Gasteiger partial charge in [0.1, 0.15) is 5.78 Å². The molecule has 0 radical (unpaired) electrons. The van der Waals surface area contributed by atoms with E-state index in [0.29, 0.717) is 12.3 Å². The van der Waals surface area contributed by atoms with Crippen LogP contribution in [-0.2, 0) is 16.2 Å². The number of carbonyl (C=O) groups excluding carboxylic acids is 2. The Labute approximate surface area is 125 Å². The van der Waals surface area contributed by atoms with Crippen molar-refractivity contribution < 1.29 is 14.7 Å². The van der Waals surface area contributed by atoms with Gasteiger partial charge in [0.25, 0.3) is 0 Å². The molecule has 1 fully saturated rings. The molecule has 1 aromatic carbocycles. The number of hydrogen-bond donors (Lipinski definition) is 1. The Morgan fingerprint density at radius 3 is 2.71 bits per heavy atom. The van der Waals surface area contributed by atoms with Crippen molar-refractivity contribution in [3.8, 4) is 0 Å². The third kappa shape index (κ3) is 4.36. The largest absolute Gasteiger partial charge is 0.392 e. The van der Waals surface area contributed by atoms with E-state index >= 15 is 0 Å². The molecule has 21 heavy (non-hydrogen) atoms. The van der Waals surface area contributed by atoms with Gasteiger partial charge < -0.3 is 5.11 Å². The Morgan fingerprint density at radius 1 is 1.38 bits per heavy atom. The molecule has 0 saturated heterocycles. The van der Waals surface area contributed by atoms with Crippen molar-refractivity contribution in [2.24, 2.45) is 11.8 Å². The zero-order valence-corrected chi connectivity index (χ0v) is 12.4. The molecule has 1 aliphatic rings. The minimum Gasteiger partial charge on any atom is -0.392 e. The van der Waals surface area contributed by atoms with Gasteiger partial charge in [-0.25, -0.2) is 0 Å². The van der Waals surface area contributed by atoms with Crippen molar-refractivity contribution in [2.45, 2.75) is 39.2 Å². The normalized spacial score (nSPS) is 16.7. The number of carbonyl (C=O) groups is 2. The highest BCUT2D eigenvalue weighted by Gasteiger charge is 2.28. The van der Waals surface area contributed by atoms with Crippen LogP contribution in [0.25, 0.3) is 6.08 Å². The lowest BCUT2D eigenvalue weighted by atomic mass is 9.77. The van der Waals surface area contributed by atoms with Crippen LogP contribution < -0.4 is 0 Å². The van der Waals surface area contributed by atoms with E-state index in [0.717, 1.165) is 24.0 Å². The number of hydrogen-bond acceptors (Lipinski definition) is 3. The summed E-state index contributed by atoms with van der Waals surface area (Å²) in [6.07, 6.45) is 7.40. The van der Waals surface area contributed by atoms with Gasteiger partial charge in [-0.1, -0.05) is 43.5 Å². The van der Waals surface area contributed by atoms with Crippen LogP contribution in [-0.4, -0.2) is 16.7 Å². The van der Waals surface area contributed by atoms with E-state index in [-0.39, 0.29) is 18.2 Å². The first-order chi connectivity index (χ1) is 10.1. The molecule has 112 valence electrons. The summed E-state index contributed by atoms with van der Waals surface area (Å²) < 4.78 is 0. The van der Waals surface area contributed by atoms with Crippen molar-refractivity contribution in [3.63, 3.8) is 0 Å². The Bertz CT molecular complexity index is 541. The third-order valence-corrected chi connectivity index (χ3v) is 4.20. The van der Waals surface area contributed by atoms with Crippen molar-refractivity contribution in [3.05, 3.63) is 41.5 Å². The van der Waals surface area contributed by atoms with Crippen LogP contribution in [0.3, 0.4) is 0 Å². The smallest absolute Gasteiger partial charge is 0.166 e. The van der Waals surface area contributed by atoms with E-state index in [1.54, 1.807) is 6.08 Å². The van der Waals surface area contributed by atoms with Gasteiger partial charge >= 0.3 is 0 Å².